The Labute approximate surface area is 161 Å². The van der Waals surface area contributed by atoms with Crippen LogP contribution in [0.1, 0.15) is 27.3 Å². The quantitative estimate of drug-likeness (QED) is 0.463. The van der Waals surface area contributed by atoms with Gasteiger partial charge in [0.2, 0.25) is 0 Å². The molecule has 3 aromatic heterocycles. The lowest BCUT2D eigenvalue weighted by Crippen LogP contribution is -2.23. The third kappa shape index (κ3) is 2.91. The molecule has 0 saturated heterocycles. The standard InChI is InChI=1S/C21H19N3S2/c1-2-6-15(7-3-1)12-24(13-16-8-5-11-25-16)20-19-17-9-4-10-18(17)26-21(19)23-14-22-20/h1-3,5-8,11,14H,4,9-10,12-13H2. The fraction of sp³-hybridized carbons (Fsp3) is 0.238. The highest BCUT2D eigenvalue weighted by molar-refractivity contribution is 7.19. The highest BCUT2D eigenvalue weighted by atomic mass is 32.1. The summed E-state index contributed by atoms with van der Waals surface area (Å²) in [4.78, 5) is 15.8. The van der Waals surface area contributed by atoms with Gasteiger partial charge in [-0.05, 0) is 41.8 Å². The minimum Gasteiger partial charge on any atom is -0.346 e. The lowest BCUT2D eigenvalue weighted by Gasteiger charge is -2.24. The fourth-order valence-corrected chi connectivity index (χ4v) is 5.69. The van der Waals surface area contributed by atoms with Crippen LogP contribution in [0.2, 0.25) is 0 Å². The van der Waals surface area contributed by atoms with Crippen molar-refractivity contribution >= 4 is 38.7 Å². The highest BCUT2D eigenvalue weighted by Crippen LogP contribution is 2.40. The minimum atomic E-state index is 0.857. The van der Waals surface area contributed by atoms with E-state index in [0.717, 1.165) is 30.2 Å². The topological polar surface area (TPSA) is 29.0 Å². The molecule has 1 aliphatic rings. The molecule has 130 valence electrons. The molecule has 0 spiro atoms. The van der Waals surface area contributed by atoms with E-state index >= 15 is 0 Å². The first-order valence-electron chi connectivity index (χ1n) is 8.95. The van der Waals surface area contributed by atoms with Gasteiger partial charge in [0.1, 0.15) is 17.0 Å². The number of fused-ring (bicyclic) bond motifs is 3. The summed E-state index contributed by atoms with van der Waals surface area (Å²) in [5.41, 5.74) is 2.80. The predicted octanol–water partition coefficient (Wildman–Crippen LogP) is 5.45. The van der Waals surface area contributed by atoms with Crippen LogP contribution < -0.4 is 4.90 Å². The molecule has 3 nitrogen and oxygen atoms in total. The van der Waals surface area contributed by atoms with E-state index in [1.165, 1.54) is 39.1 Å². The van der Waals surface area contributed by atoms with Crippen molar-refractivity contribution in [2.45, 2.75) is 32.4 Å². The number of aromatic nitrogens is 2. The van der Waals surface area contributed by atoms with Gasteiger partial charge in [-0.15, -0.1) is 22.7 Å². The average molecular weight is 378 g/mol. The number of hydrogen-bond acceptors (Lipinski definition) is 5. The Hall–Kier alpha value is -2.24. The van der Waals surface area contributed by atoms with E-state index in [1.54, 1.807) is 17.7 Å². The predicted molar refractivity (Wildman–Crippen MR) is 110 cm³/mol. The lowest BCUT2D eigenvalue weighted by atomic mass is 10.1. The van der Waals surface area contributed by atoms with Gasteiger partial charge in [-0.25, -0.2) is 9.97 Å². The molecule has 0 radical (unpaired) electrons. The molecule has 1 aliphatic carbocycles. The molecule has 0 fully saturated rings. The molecule has 4 aromatic rings. The summed E-state index contributed by atoms with van der Waals surface area (Å²) >= 11 is 3.66. The molecule has 0 aliphatic heterocycles. The SMILES string of the molecule is c1ccc(CN(Cc2cccs2)c2ncnc3sc4c(c23)CCC4)cc1. The van der Waals surface area contributed by atoms with Gasteiger partial charge >= 0.3 is 0 Å². The van der Waals surface area contributed by atoms with Crippen LogP contribution in [-0.2, 0) is 25.9 Å². The lowest BCUT2D eigenvalue weighted by molar-refractivity contribution is 0.794. The molecule has 5 heteroatoms. The van der Waals surface area contributed by atoms with Crippen LogP contribution in [0.25, 0.3) is 10.2 Å². The van der Waals surface area contributed by atoms with E-state index < -0.39 is 0 Å². The Morgan fingerprint density at radius 1 is 0.962 bits per heavy atom. The Bertz CT molecular complexity index is 1020. The zero-order valence-electron chi connectivity index (χ0n) is 14.4. The minimum absolute atomic E-state index is 0.857. The van der Waals surface area contributed by atoms with Gasteiger partial charge in [-0.3, -0.25) is 0 Å². The van der Waals surface area contributed by atoms with Crippen LogP contribution in [-0.4, -0.2) is 9.97 Å². The Balaban J connectivity index is 1.61. The molecular weight excluding hydrogens is 358 g/mol. The van der Waals surface area contributed by atoms with Crippen molar-refractivity contribution in [3.8, 4) is 0 Å². The molecular formula is C21H19N3S2. The molecule has 0 amide bonds. The van der Waals surface area contributed by atoms with Crippen molar-refractivity contribution in [3.63, 3.8) is 0 Å². The van der Waals surface area contributed by atoms with Crippen molar-refractivity contribution in [3.05, 3.63) is 75.1 Å². The first-order chi connectivity index (χ1) is 12.9. The molecule has 0 bridgehead atoms. The number of rotatable bonds is 5. The summed E-state index contributed by atoms with van der Waals surface area (Å²) in [5, 5.41) is 3.44. The van der Waals surface area contributed by atoms with E-state index in [4.69, 9.17) is 4.98 Å². The summed E-state index contributed by atoms with van der Waals surface area (Å²) in [6.45, 7) is 1.73. The van der Waals surface area contributed by atoms with Gasteiger partial charge in [0.25, 0.3) is 0 Å². The van der Waals surface area contributed by atoms with Crippen molar-refractivity contribution in [1.29, 1.82) is 0 Å². The third-order valence-corrected chi connectivity index (χ3v) is 6.98. The maximum atomic E-state index is 4.76. The van der Waals surface area contributed by atoms with Gasteiger partial charge in [-0.1, -0.05) is 36.4 Å². The molecule has 1 aromatic carbocycles. The van der Waals surface area contributed by atoms with Crippen molar-refractivity contribution in [2.75, 3.05) is 4.90 Å². The number of nitrogens with zero attached hydrogens (tertiary/aromatic N) is 3. The maximum Gasteiger partial charge on any atom is 0.141 e. The number of benzene rings is 1. The summed E-state index contributed by atoms with van der Waals surface area (Å²) in [6.07, 6.45) is 5.35. The van der Waals surface area contributed by atoms with E-state index in [9.17, 15) is 0 Å². The highest BCUT2D eigenvalue weighted by Gasteiger charge is 2.24. The second kappa shape index (κ2) is 6.82. The molecule has 26 heavy (non-hydrogen) atoms. The zero-order valence-corrected chi connectivity index (χ0v) is 16.0. The van der Waals surface area contributed by atoms with Gasteiger partial charge < -0.3 is 4.90 Å². The molecule has 0 saturated carbocycles. The summed E-state index contributed by atoms with van der Waals surface area (Å²) in [6, 6.07) is 15.0. The monoisotopic (exact) mass is 377 g/mol. The molecule has 0 atom stereocenters. The molecule has 5 rings (SSSR count). The summed E-state index contributed by atoms with van der Waals surface area (Å²) < 4.78 is 0. The normalized spacial score (nSPS) is 13.2. The fourth-order valence-electron chi connectivity index (χ4n) is 3.75. The van der Waals surface area contributed by atoms with E-state index in [-0.39, 0.29) is 0 Å². The molecule has 0 N–H and O–H groups in total. The average Bonchev–Trinajstić information content (AvgIpc) is 3.39. The van der Waals surface area contributed by atoms with E-state index in [2.05, 4.69) is 57.7 Å². The van der Waals surface area contributed by atoms with E-state index in [1.807, 2.05) is 11.3 Å². The molecule has 3 heterocycles. The van der Waals surface area contributed by atoms with Crippen LogP contribution in [0.15, 0.2) is 54.2 Å². The van der Waals surface area contributed by atoms with Gasteiger partial charge in [0, 0.05) is 16.3 Å². The van der Waals surface area contributed by atoms with Crippen molar-refractivity contribution in [1.82, 2.24) is 9.97 Å². The van der Waals surface area contributed by atoms with Crippen LogP contribution in [0.4, 0.5) is 5.82 Å². The first kappa shape index (κ1) is 16.0. The maximum absolute atomic E-state index is 4.76. The zero-order chi connectivity index (χ0) is 17.3. The summed E-state index contributed by atoms with van der Waals surface area (Å²) in [7, 11) is 0. The van der Waals surface area contributed by atoms with Crippen LogP contribution in [0.5, 0.6) is 0 Å². The second-order valence-electron chi connectivity index (χ2n) is 6.66. The van der Waals surface area contributed by atoms with Crippen LogP contribution >= 0.6 is 22.7 Å². The Morgan fingerprint density at radius 2 is 1.88 bits per heavy atom. The number of aryl methyl sites for hydroxylation is 2. The Morgan fingerprint density at radius 3 is 2.73 bits per heavy atom. The van der Waals surface area contributed by atoms with Gasteiger partial charge in [0.05, 0.1) is 11.9 Å². The van der Waals surface area contributed by atoms with Crippen molar-refractivity contribution < 1.29 is 0 Å². The third-order valence-electron chi connectivity index (χ3n) is 4.92. The molecule has 0 unspecified atom stereocenters. The van der Waals surface area contributed by atoms with E-state index in [0.29, 0.717) is 0 Å². The smallest absolute Gasteiger partial charge is 0.141 e. The summed E-state index contributed by atoms with van der Waals surface area (Å²) in [5.74, 6) is 1.09. The number of hydrogen-bond donors (Lipinski definition) is 0. The number of thiophene rings is 2. The van der Waals surface area contributed by atoms with Crippen molar-refractivity contribution in [2.24, 2.45) is 0 Å². The first-order valence-corrected chi connectivity index (χ1v) is 10.6. The second-order valence-corrected chi connectivity index (χ2v) is 8.77. The van der Waals surface area contributed by atoms with Gasteiger partial charge in [-0.2, -0.15) is 0 Å². The largest absolute Gasteiger partial charge is 0.346 e. The Kier molecular flexibility index (Phi) is 4.19. The van der Waals surface area contributed by atoms with Crippen LogP contribution in [0.3, 0.4) is 0 Å². The van der Waals surface area contributed by atoms with Gasteiger partial charge in [0.15, 0.2) is 0 Å². The number of anilines is 1. The van der Waals surface area contributed by atoms with Crippen LogP contribution in [0, 0.1) is 0 Å².